The van der Waals surface area contributed by atoms with E-state index in [0.29, 0.717) is 22.3 Å². The Morgan fingerprint density at radius 3 is 2.56 bits per heavy atom. The number of carbonyl (C=O) groups is 1. The zero-order chi connectivity index (χ0) is 24.5. The molecule has 8 nitrogen and oxygen atoms in total. The lowest BCUT2D eigenvalue weighted by atomic mass is 10.1. The third-order valence-electron chi connectivity index (χ3n) is 5.02. The summed E-state index contributed by atoms with van der Waals surface area (Å²) in [5.74, 6) is -1.11. The summed E-state index contributed by atoms with van der Waals surface area (Å²) in [5, 5.41) is 13.2. The van der Waals surface area contributed by atoms with Crippen LogP contribution in [0.4, 0.5) is 15.8 Å². The number of phenolic OH excluding ortho intramolecular Hbond substituents is 1. The number of hydrogen-bond acceptors (Lipinski definition) is 6. The van der Waals surface area contributed by atoms with E-state index in [2.05, 4.69) is 15.0 Å². The van der Waals surface area contributed by atoms with Gasteiger partial charge in [0, 0.05) is 17.1 Å². The summed E-state index contributed by atoms with van der Waals surface area (Å²) in [6.45, 7) is 1.66. The number of aromatic hydroxyl groups is 1. The number of anilines is 2. The molecular formula is C24H20FN3O5S. The van der Waals surface area contributed by atoms with E-state index in [1.807, 2.05) is 0 Å². The fourth-order valence-electron chi connectivity index (χ4n) is 3.43. The molecule has 34 heavy (non-hydrogen) atoms. The topological polar surface area (TPSA) is 118 Å². The van der Waals surface area contributed by atoms with Gasteiger partial charge in [0.25, 0.3) is 15.9 Å². The second-order valence-corrected chi connectivity index (χ2v) is 9.09. The minimum Gasteiger partial charge on any atom is -0.506 e. The van der Waals surface area contributed by atoms with Gasteiger partial charge >= 0.3 is 0 Å². The van der Waals surface area contributed by atoms with E-state index in [9.17, 15) is 22.7 Å². The Bertz CT molecular complexity index is 1520. The maximum atomic E-state index is 13.6. The van der Waals surface area contributed by atoms with Gasteiger partial charge < -0.3 is 15.2 Å². The van der Waals surface area contributed by atoms with Crippen LogP contribution in [0.3, 0.4) is 0 Å². The highest BCUT2D eigenvalue weighted by Gasteiger charge is 2.20. The van der Waals surface area contributed by atoms with Crippen molar-refractivity contribution in [3.63, 3.8) is 0 Å². The molecule has 4 rings (SSSR count). The van der Waals surface area contributed by atoms with Gasteiger partial charge in [-0.25, -0.2) is 12.8 Å². The number of carbonyl (C=O) groups excluding carboxylic acids is 1. The highest BCUT2D eigenvalue weighted by Crippen LogP contribution is 2.31. The Morgan fingerprint density at radius 1 is 1.03 bits per heavy atom. The number of phenols is 1. The number of methoxy groups -OCH3 is 1. The molecule has 1 amide bonds. The first kappa shape index (κ1) is 23.0. The average molecular weight is 482 g/mol. The van der Waals surface area contributed by atoms with Crippen molar-refractivity contribution in [3.8, 4) is 11.5 Å². The zero-order valence-electron chi connectivity index (χ0n) is 18.2. The molecule has 0 aliphatic rings. The lowest BCUT2D eigenvalue weighted by molar-refractivity contribution is 0.102. The minimum absolute atomic E-state index is 0.113. The van der Waals surface area contributed by atoms with E-state index in [-0.39, 0.29) is 27.6 Å². The van der Waals surface area contributed by atoms with E-state index in [1.54, 1.807) is 31.2 Å². The molecule has 0 bridgehead atoms. The summed E-state index contributed by atoms with van der Waals surface area (Å²) >= 11 is 0. The SMILES string of the molecule is COc1ccccc1NS(=O)(=O)c1ccc(O)c(NC(=O)c2cc(C)nc3cc(F)ccc23)c1. The standard InChI is InChI=1S/C24H20FN3O5S/c1-14-11-18(17-9-7-15(25)12-20(17)26-14)24(30)27-21-13-16(8-10-22(21)29)34(31,32)28-19-5-3-4-6-23(19)33-2/h3-13,28-29H,1-2H3,(H,27,30). The molecule has 0 spiro atoms. The Kier molecular flexibility index (Phi) is 6.08. The fourth-order valence-corrected chi connectivity index (χ4v) is 4.52. The molecule has 3 aromatic carbocycles. The molecule has 0 radical (unpaired) electrons. The summed E-state index contributed by atoms with van der Waals surface area (Å²) in [4.78, 5) is 17.1. The van der Waals surface area contributed by atoms with Gasteiger partial charge in [-0.2, -0.15) is 0 Å². The Balaban J connectivity index is 1.67. The molecular weight excluding hydrogens is 461 g/mol. The van der Waals surface area contributed by atoms with Crippen LogP contribution in [0.15, 0.2) is 71.6 Å². The lowest BCUT2D eigenvalue weighted by Crippen LogP contribution is -2.16. The highest BCUT2D eigenvalue weighted by atomic mass is 32.2. The van der Waals surface area contributed by atoms with Crippen LogP contribution in [-0.2, 0) is 10.0 Å². The monoisotopic (exact) mass is 481 g/mol. The molecule has 0 atom stereocenters. The first-order valence-electron chi connectivity index (χ1n) is 10.0. The van der Waals surface area contributed by atoms with Crippen molar-refractivity contribution in [2.45, 2.75) is 11.8 Å². The van der Waals surface area contributed by atoms with Crippen LogP contribution in [0.5, 0.6) is 11.5 Å². The molecule has 0 unspecified atom stereocenters. The number of halogens is 1. The van der Waals surface area contributed by atoms with Crippen molar-refractivity contribution in [1.29, 1.82) is 0 Å². The number of rotatable bonds is 6. The quantitative estimate of drug-likeness (QED) is 0.350. The summed E-state index contributed by atoms with van der Waals surface area (Å²) in [6, 6.07) is 15.4. The molecule has 0 aliphatic heterocycles. The van der Waals surface area contributed by atoms with Gasteiger partial charge in [0.1, 0.15) is 17.3 Å². The van der Waals surface area contributed by atoms with Gasteiger partial charge in [0.15, 0.2) is 0 Å². The van der Waals surface area contributed by atoms with Gasteiger partial charge in [-0.15, -0.1) is 0 Å². The normalized spacial score (nSPS) is 11.3. The first-order chi connectivity index (χ1) is 16.2. The zero-order valence-corrected chi connectivity index (χ0v) is 19.0. The molecule has 1 aromatic heterocycles. The third kappa shape index (κ3) is 4.62. The van der Waals surface area contributed by atoms with Crippen molar-refractivity contribution >= 4 is 38.2 Å². The van der Waals surface area contributed by atoms with Crippen LogP contribution < -0.4 is 14.8 Å². The number of sulfonamides is 1. The van der Waals surface area contributed by atoms with Crippen molar-refractivity contribution < 1.29 is 27.4 Å². The number of fused-ring (bicyclic) bond motifs is 1. The number of aryl methyl sites for hydroxylation is 1. The van der Waals surface area contributed by atoms with Crippen LogP contribution >= 0.6 is 0 Å². The molecule has 4 aromatic rings. The number of benzene rings is 3. The fraction of sp³-hybridized carbons (Fsp3) is 0.0833. The van der Waals surface area contributed by atoms with Crippen molar-refractivity contribution in [1.82, 2.24) is 4.98 Å². The summed E-state index contributed by atoms with van der Waals surface area (Å²) in [5.41, 5.74) is 1.10. The Labute approximate surface area is 195 Å². The van der Waals surface area contributed by atoms with Crippen LogP contribution in [0.2, 0.25) is 0 Å². The van der Waals surface area contributed by atoms with E-state index >= 15 is 0 Å². The lowest BCUT2D eigenvalue weighted by Gasteiger charge is -2.14. The predicted molar refractivity (Wildman–Crippen MR) is 126 cm³/mol. The van der Waals surface area contributed by atoms with E-state index < -0.39 is 21.7 Å². The summed E-state index contributed by atoms with van der Waals surface area (Å²) in [6.07, 6.45) is 0. The maximum Gasteiger partial charge on any atom is 0.262 e. The minimum atomic E-state index is -4.08. The number of nitrogens with one attached hydrogen (secondary N) is 2. The van der Waals surface area contributed by atoms with E-state index in [1.165, 1.54) is 37.4 Å². The Hall–Kier alpha value is -4.18. The molecule has 1 heterocycles. The number of aromatic nitrogens is 1. The number of ether oxygens (including phenoxy) is 1. The van der Waals surface area contributed by atoms with E-state index in [0.717, 1.165) is 12.1 Å². The molecule has 10 heteroatoms. The molecule has 0 saturated carbocycles. The highest BCUT2D eigenvalue weighted by molar-refractivity contribution is 7.92. The van der Waals surface area contributed by atoms with Crippen LogP contribution in [-0.4, -0.2) is 31.5 Å². The van der Waals surface area contributed by atoms with Gasteiger partial charge in [-0.3, -0.25) is 14.5 Å². The number of para-hydroxylation sites is 2. The van der Waals surface area contributed by atoms with Crippen LogP contribution in [0, 0.1) is 12.7 Å². The summed E-state index contributed by atoms with van der Waals surface area (Å²) < 4.78 is 47.1. The van der Waals surface area contributed by atoms with Crippen molar-refractivity contribution in [2.75, 3.05) is 17.1 Å². The third-order valence-corrected chi connectivity index (χ3v) is 6.39. The molecule has 0 saturated heterocycles. The molecule has 0 fully saturated rings. The predicted octanol–water partition coefficient (Wildman–Crippen LogP) is 4.45. The first-order valence-corrected chi connectivity index (χ1v) is 11.5. The van der Waals surface area contributed by atoms with Gasteiger partial charge in [0.2, 0.25) is 0 Å². The van der Waals surface area contributed by atoms with Crippen LogP contribution in [0.25, 0.3) is 10.9 Å². The van der Waals surface area contributed by atoms with Gasteiger partial charge in [0.05, 0.1) is 34.5 Å². The number of hydrogen-bond donors (Lipinski definition) is 3. The smallest absolute Gasteiger partial charge is 0.262 e. The second kappa shape index (κ2) is 8.99. The van der Waals surface area contributed by atoms with Crippen LogP contribution in [0.1, 0.15) is 16.1 Å². The van der Waals surface area contributed by atoms with Crippen molar-refractivity contribution in [3.05, 3.63) is 83.8 Å². The Morgan fingerprint density at radius 2 is 1.79 bits per heavy atom. The molecule has 174 valence electrons. The van der Waals surface area contributed by atoms with Crippen molar-refractivity contribution in [2.24, 2.45) is 0 Å². The second-order valence-electron chi connectivity index (χ2n) is 7.41. The maximum absolute atomic E-state index is 13.6. The number of nitrogens with zero attached hydrogens (tertiary/aromatic N) is 1. The average Bonchev–Trinajstić information content (AvgIpc) is 2.79. The largest absolute Gasteiger partial charge is 0.506 e. The van der Waals surface area contributed by atoms with Gasteiger partial charge in [-0.1, -0.05) is 12.1 Å². The van der Waals surface area contributed by atoms with Gasteiger partial charge in [-0.05, 0) is 55.5 Å². The van der Waals surface area contributed by atoms with E-state index in [4.69, 9.17) is 4.74 Å². The summed E-state index contributed by atoms with van der Waals surface area (Å²) in [7, 11) is -2.66. The number of amides is 1. The molecule has 3 N–H and O–H groups in total. The number of pyridine rings is 1. The molecule has 0 aliphatic carbocycles.